The fraction of sp³-hybridized carbons (Fsp3) is 0.200. The zero-order valence-corrected chi connectivity index (χ0v) is 15.1. The molecule has 1 fully saturated rings. The molecular weight excluding hydrogens is 368 g/mol. The summed E-state index contributed by atoms with van der Waals surface area (Å²) in [6.07, 6.45) is -0.289. The maximum atomic E-state index is 13.1. The average Bonchev–Trinajstić information content (AvgIpc) is 2.98. The molecule has 0 spiro atoms. The number of hydrogen-bond donors (Lipinski definition) is 0. The molecule has 2 atom stereocenters. The van der Waals surface area contributed by atoms with Gasteiger partial charge < -0.3 is 4.74 Å². The molecule has 2 amide bonds. The summed E-state index contributed by atoms with van der Waals surface area (Å²) < 4.78 is 4.85. The molecule has 0 aromatic heterocycles. The fourth-order valence-corrected chi connectivity index (χ4v) is 3.55. The zero-order valence-electron chi connectivity index (χ0n) is 14.4. The highest BCUT2D eigenvalue weighted by Gasteiger charge is 2.58. The van der Waals surface area contributed by atoms with E-state index in [9.17, 15) is 19.6 Å². The summed E-state index contributed by atoms with van der Waals surface area (Å²) in [7, 11) is 1.13. The Morgan fingerprint density at radius 3 is 2.52 bits per heavy atom. The lowest BCUT2D eigenvalue weighted by Crippen LogP contribution is -2.46. The van der Waals surface area contributed by atoms with Gasteiger partial charge in [0.15, 0.2) is 5.41 Å². The molecule has 7 heteroatoms. The number of esters is 1. The van der Waals surface area contributed by atoms with Gasteiger partial charge in [0.1, 0.15) is 0 Å². The highest BCUT2D eigenvalue weighted by molar-refractivity contribution is 6.30. The van der Waals surface area contributed by atoms with Crippen LogP contribution < -0.4 is 4.90 Å². The second kappa shape index (κ2) is 7.22. The number of amides is 2. The number of carbonyl (C=O) groups excluding carboxylic acids is 3. The molecule has 0 saturated carbocycles. The van der Waals surface area contributed by atoms with E-state index >= 15 is 0 Å². The van der Waals surface area contributed by atoms with Crippen LogP contribution in [0.2, 0.25) is 5.02 Å². The molecule has 1 saturated heterocycles. The first kappa shape index (κ1) is 18.6. The first-order chi connectivity index (χ1) is 13.0. The third-order valence-corrected chi connectivity index (χ3v) is 4.88. The van der Waals surface area contributed by atoms with Crippen molar-refractivity contribution in [3.8, 4) is 6.07 Å². The Kier molecular flexibility index (Phi) is 4.98. The monoisotopic (exact) mass is 382 g/mol. The van der Waals surface area contributed by atoms with Gasteiger partial charge in [-0.3, -0.25) is 14.5 Å². The third-order valence-electron chi connectivity index (χ3n) is 4.65. The van der Waals surface area contributed by atoms with E-state index in [1.54, 1.807) is 42.5 Å². The lowest BCUT2D eigenvalue weighted by atomic mass is 9.70. The van der Waals surface area contributed by atoms with Crippen LogP contribution in [-0.2, 0) is 24.5 Å². The van der Waals surface area contributed by atoms with E-state index in [1.807, 2.05) is 6.07 Å². The van der Waals surface area contributed by atoms with Crippen LogP contribution in [0.4, 0.5) is 5.69 Å². The predicted molar refractivity (Wildman–Crippen MR) is 97.8 cm³/mol. The highest BCUT2D eigenvalue weighted by Crippen LogP contribution is 2.42. The molecule has 0 radical (unpaired) electrons. The Bertz CT molecular complexity index is 954. The number of anilines is 1. The van der Waals surface area contributed by atoms with Gasteiger partial charge in [0.05, 0.1) is 24.8 Å². The summed E-state index contributed by atoms with van der Waals surface area (Å²) in [5.74, 6) is -3.24. The van der Waals surface area contributed by atoms with E-state index < -0.39 is 29.1 Å². The summed E-state index contributed by atoms with van der Waals surface area (Å²) in [5, 5.41) is 10.3. The number of nitriles is 1. The van der Waals surface area contributed by atoms with Gasteiger partial charge in [-0.15, -0.1) is 0 Å². The van der Waals surface area contributed by atoms with Crippen molar-refractivity contribution in [2.24, 2.45) is 5.92 Å². The molecule has 27 heavy (non-hydrogen) atoms. The number of hydrogen-bond acceptors (Lipinski definition) is 5. The molecule has 136 valence electrons. The van der Waals surface area contributed by atoms with Crippen LogP contribution in [0.15, 0.2) is 54.6 Å². The van der Waals surface area contributed by atoms with Crippen LogP contribution in [0.5, 0.6) is 0 Å². The average molecular weight is 383 g/mol. The van der Waals surface area contributed by atoms with Crippen molar-refractivity contribution in [3.63, 3.8) is 0 Å². The Morgan fingerprint density at radius 1 is 1.22 bits per heavy atom. The van der Waals surface area contributed by atoms with Crippen molar-refractivity contribution in [1.82, 2.24) is 0 Å². The SMILES string of the molecule is COC(=O)[C@](C#N)(c1cccc(Cl)c1)[C@@H]1CC(=O)N(c2ccccc2)C1=O. The Hall–Kier alpha value is -3.17. The number of benzene rings is 2. The summed E-state index contributed by atoms with van der Waals surface area (Å²) in [6.45, 7) is 0. The van der Waals surface area contributed by atoms with Crippen molar-refractivity contribution in [2.45, 2.75) is 11.8 Å². The number of halogens is 1. The summed E-state index contributed by atoms with van der Waals surface area (Å²) in [6, 6.07) is 16.4. The van der Waals surface area contributed by atoms with Crippen molar-refractivity contribution in [1.29, 1.82) is 5.26 Å². The standard InChI is InChI=1S/C20H15ClN2O4/c1-27-19(26)20(12-22,13-6-5-7-14(21)10-13)16-11-17(24)23(18(16)25)15-8-3-2-4-9-15/h2-10,16H,11H2,1H3/t16-,20-/m1/s1. The lowest BCUT2D eigenvalue weighted by Gasteiger charge is -2.29. The molecule has 1 aliphatic rings. The smallest absolute Gasteiger partial charge is 0.331 e. The van der Waals surface area contributed by atoms with Gasteiger partial charge in [0.2, 0.25) is 11.8 Å². The van der Waals surface area contributed by atoms with Gasteiger partial charge in [-0.1, -0.05) is 41.9 Å². The molecule has 3 rings (SSSR count). The molecule has 1 heterocycles. The minimum atomic E-state index is -1.98. The van der Waals surface area contributed by atoms with Crippen LogP contribution >= 0.6 is 11.6 Å². The Morgan fingerprint density at radius 2 is 1.93 bits per heavy atom. The van der Waals surface area contributed by atoms with Gasteiger partial charge in [-0.25, -0.2) is 4.79 Å². The van der Waals surface area contributed by atoms with E-state index in [4.69, 9.17) is 16.3 Å². The van der Waals surface area contributed by atoms with Crippen LogP contribution in [0.25, 0.3) is 0 Å². The first-order valence-electron chi connectivity index (χ1n) is 8.13. The van der Waals surface area contributed by atoms with Gasteiger partial charge in [0.25, 0.3) is 0 Å². The quantitative estimate of drug-likeness (QED) is 0.599. The van der Waals surface area contributed by atoms with E-state index in [2.05, 4.69) is 0 Å². The molecule has 1 aliphatic heterocycles. The molecule has 2 aromatic rings. The second-order valence-corrected chi connectivity index (χ2v) is 6.52. The molecule has 0 aliphatic carbocycles. The topological polar surface area (TPSA) is 87.5 Å². The molecule has 0 unspecified atom stereocenters. The van der Waals surface area contributed by atoms with Crippen LogP contribution in [0.1, 0.15) is 12.0 Å². The zero-order chi connectivity index (χ0) is 19.6. The predicted octanol–water partition coefficient (Wildman–Crippen LogP) is 2.85. The van der Waals surface area contributed by atoms with Gasteiger partial charge in [0, 0.05) is 11.4 Å². The maximum absolute atomic E-state index is 13.1. The molecule has 0 bridgehead atoms. The second-order valence-electron chi connectivity index (χ2n) is 6.08. The molecular formula is C20H15ClN2O4. The Labute approximate surface area is 160 Å². The number of nitrogens with zero attached hydrogens (tertiary/aromatic N) is 2. The minimum Gasteiger partial charge on any atom is -0.468 e. The van der Waals surface area contributed by atoms with E-state index in [0.717, 1.165) is 12.0 Å². The van der Waals surface area contributed by atoms with Gasteiger partial charge in [-0.05, 0) is 29.8 Å². The third kappa shape index (κ3) is 2.96. The normalized spacial score (nSPS) is 18.7. The molecule has 2 aromatic carbocycles. The van der Waals surface area contributed by atoms with Crippen LogP contribution in [-0.4, -0.2) is 24.9 Å². The van der Waals surface area contributed by atoms with E-state index in [-0.39, 0.29) is 12.0 Å². The maximum Gasteiger partial charge on any atom is 0.331 e. The minimum absolute atomic E-state index is 0.213. The van der Waals surface area contributed by atoms with Crippen LogP contribution in [0, 0.1) is 17.2 Å². The number of para-hydroxylation sites is 1. The summed E-state index contributed by atoms with van der Waals surface area (Å²) in [5.41, 5.74) is -1.38. The fourth-order valence-electron chi connectivity index (χ4n) is 3.36. The number of rotatable bonds is 4. The van der Waals surface area contributed by atoms with Crippen molar-refractivity contribution in [3.05, 3.63) is 65.2 Å². The number of imide groups is 1. The lowest BCUT2D eigenvalue weighted by molar-refractivity contribution is -0.149. The van der Waals surface area contributed by atoms with Crippen LogP contribution in [0.3, 0.4) is 0 Å². The van der Waals surface area contributed by atoms with Gasteiger partial charge in [-0.2, -0.15) is 5.26 Å². The number of carbonyl (C=O) groups is 3. The van der Waals surface area contributed by atoms with Crippen molar-refractivity contribution < 1.29 is 19.1 Å². The van der Waals surface area contributed by atoms with E-state index in [0.29, 0.717) is 10.7 Å². The summed E-state index contributed by atoms with van der Waals surface area (Å²) >= 11 is 6.03. The number of ether oxygens (including phenoxy) is 1. The van der Waals surface area contributed by atoms with E-state index in [1.165, 1.54) is 12.1 Å². The first-order valence-corrected chi connectivity index (χ1v) is 8.51. The largest absolute Gasteiger partial charge is 0.468 e. The van der Waals surface area contributed by atoms with Gasteiger partial charge >= 0.3 is 5.97 Å². The summed E-state index contributed by atoms with van der Waals surface area (Å²) in [4.78, 5) is 39.4. The Balaban J connectivity index is 2.14. The number of methoxy groups -OCH3 is 1. The molecule has 0 N–H and O–H groups in total. The van der Waals surface area contributed by atoms with Crippen molar-refractivity contribution >= 4 is 35.1 Å². The molecule has 6 nitrogen and oxygen atoms in total. The van der Waals surface area contributed by atoms with Crippen molar-refractivity contribution in [2.75, 3.05) is 12.0 Å². The highest BCUT2D eigenvalue weighted by atomic mass is 35.5.